The largest absolute Gasteiger partial charge is 0.367 e. The summed E-state index contributed by atoms with van der Waals surface area (Å²) < 4.78 is 0. The zero-order valence-corrected chi connectivity index (χ0v) is 9.54. The zero-order chi connectivity index (χ0) is 12.2. The minimum absolute atomic E-state index is 0.121. The van der Waals surface area contributed by atoms with Crippen LogP contribution in [0.25, 0.3) is 0 Å². The molecule has 0 radical (unpaired) electrons. The number of pyridine rings is 1. The molecular formula is C11H17N3O2. The first-order chi connectivity index (χ1) is 7.46. The number of H-pyrrole nitrogens is 1. The van der Waals surface area contributed by atoms with Gasteiger partial charge in [0.05, 0.1) is 0 Å². The van der Waals surface area contributed by atoms with E-state index >= 15 is 0 Å². The van der Waals surface area contributed by atoms with Gasteiger partial charge in [-0.3, -0.25) is 9.59 Å². The van der Waals surface area contributed by atoms with Crippen LogP contribution in [-0.2, 0) is 0 Å². The fourth-order valence-corrected chi connectivity index (χ4v) is 1.08. The molecule has 0 aliphatic heterocycles. The number of carbonyl (C=O) groups is 1. The van der Waals surface area contributed by atoms with Gasteiger partial charge in [-0.05, 0) is 12.0 Å². The molecule has 0 spiro atoms. The summed E-state index contributed by atoms with van der Waals surface area (Å²) in [4.78, 5) is 25.7. The lowest BCUT2D eigenvalue weighted by molar-refractivity contribution is 0.0936. The summed E-state index contributed by atoms with van der Waals surface area (Å²) in [5.41, 5.74) is 5.20. The van der Waals surface area contributed by atoms with Crippen molar-refractivity contribution in [2.45, 2.75) is 13.8 Å². The molecule has 16 heavy (non-hydrogen) atoms. The van der Waals surface area contributed by atoms with Gasteiger partial charge in [-0.25, -0.2) is 0 Å². The van der Waals surface area contributed by atoms with Gasteiger partial charge in [0.1, 0.15) is 5.56 Å². The molecule has 0 saturated carbocycles. The van der Waals surface area contributed by atoms with E-state index in [1.165, 1.54) is 18.5 Å². The van der Waals surface area contributed by atoms with Gasteiger partial charge >= 0.3 is 0 Å². The topological polar surface area (TPSA) is 88.0 Å². The molecule has 88 valence electrons. The second kappa shape index (κ2) is 4.94. The Kier molecular flexibility index (Phi) is 3.84. The van der Waals surface area contributed by atoms with Gasteiger partial charge in [0.15, 0.2) is 5.43 Å². The van der Waals surface area contributed by atoms with E-state index in [0.717, 1.165) is 0 Å². The Balaban J connectivity index is 2.68. The van der Waals surface area contributed by atoms with Crippen molar-refractivity contribution in [1.82, 2.24) is 10.3 Å². The highest BCUT2D eigenvalue weighted by molar-refractivity contribution is 5.93. The molecule has 0 aromatic carbocycles. The van der Waals surface area contributed by atoms with E-state index in [1.807, 2.05) is 13.8 Å². The molecule has 1 aromatic rings. The molecular weight excluding hydrogens is 206 g/mol. The Morgan fingerprint density at radius 1 is 1.56 bits per heavy atom. The monoisotopic (exact) mass is 223 g/mol. The summed E-state index contributed by atoms with van der Waals surface area (Å²) in [5, 5.41) is 2.69. The van der Waals surface area contributed by atoms with E-state index in [-0.39, 0.29) is 22.3 Å². The highest BCUT2D eigenvalue weighted by atomic mass is 16.2. The predicted molar refractivity (Wildman–Crippen MR) is 62.2 cm³/mol. The van der Waals surface area contributed by atoms with Crippen molar-refractivity contribution in [3.05, 3.63) is 34.2 Å². The number of hydrogen-bond acceptors (Lipinski definition) is 3. The van der Waals surface area contributed by atoms with Crippen LogP contribution in [0.5, 0.6) is 0 Å². The first-order valence-electron chi connectivity index (χ1n) is 5.12. The van der Waals surface area contributed by atoms with Gasteiger partial charge in [0.25, 0.3) is 5.91 Å². The van der Waals surface area contributed by atoms with Crippen LogP contribution >= 0.6 is 0 Å². The van der Waals surface area contributed by atoms with Gasteiger partial charge in [0, 0.05) is 25.0 Å². The molecule has 4 N–H and O–H groups in total. The molecule has 0 fully saturated rings. The van der Waals surface area contributed by atoms with Crippen molar-refractivity contribution in [3.8, 4) is 0 Å². The third-order valence-corrected chi connectivity index (χ3v) is 2.35. The third-order valence-electron chi connectivity index (χ3n) is 2.35. The van der Waals surface area contributed by atoms with Crippen LogP contribution in [-0.4, -0.2) is 24.0 Å². The second-order valence-electron chi connectivity index (χ2n) is 4.47. The highest BCUT2D eigenvalue weighted by Gasteiger charge is 2.17. The van der Waals surface area contributed by atoms with E-state index < -0.39 is 0 Å². The molecule has 0 unspecified atom stereocenters. The van der Waals surface area contributed by atoms with Crippen LogP contribution in [0.1, 0.15) is 24.2 Å². The van der Waals surface area contributed by atoms with Gasteiger partial charge < -0.3 is 16.0 Å². The summed E-state index contributed by atoms with van der Waals surface area (Å²) >= 11 is 0. The molecule has 1 rings (SSSR count). The van der Waals surface area contributed by atoms with Gasteiger partial charge in [0.2, 0.25) is 0 Å². The first-order valence-corrected chi connectivity index (χ1v) is 5.12. The molecule has 0 bridgehead atoms. The number of nitrogens with one attached hydrogen (secondary N) is 2. The molecule has 5 heteroatoms. The van der Waals surface area contributed by atoms with Crippen molar-refractivity contribution in [1.29, 1.82) is 0 Å². The number of aromatic nitrogens is 1. The van der Waals surface area contributed by atoms with E-state index in [2.05, 4.69) is 10.3 Å². The van der Waals surface area contributed by atoms with Crippen LogP contribution in [0.3, 0.4) is 0 Å². The normalized spacial score (nSPS) is 11.2. The average Bonchev–Trinajstić information content (AvgIpc) is 2.27. The number of nitrogens with two attached hydrogens (primary N) is 1. The lowest BCUT2D eigenvalue weighted by atomic mass is 9.94. The van der Waals surface area contributed by atoms with Crippen molar-refractivity contribution in [2.75, 3.05) is 13.1 Å². The van der Waals surface area contributed by atoms with E-state index in [1.54, 1.807) is 0 Å². The maximum Gasteiger partial charge on any atom is 0.256 e. The fourth-order valence-electron chi connectivity index (χ4n) is 1.08. The molecule has 1 heterocycles. The fraction of sp³-hybridized carbons (Fsp3) is 0.455. The molecule has 0 aliphatic rings. The lowest BCUT2D eigenvalue weighted by Crippen LogP contribution is -2.39. The van der Waals surface area contributed by atoms with Crippen molar-refractivity contribution >= 4 is 5.91 Å². The second-order valence-corrected chi connectivity index (χ2v) is 4.47. The molecule has 0 saturated heterocycles. The summed E-state index contributed by atoms with van der Waals surface area (Å²) in [5.74, 6) is -0.372. The molecule has 0 atom stereocenters. The highest BCUT2D eigenvalue weighted by Crippen LogP contribution is 2.10. The minimum Gasteiger partial charge on any atom is -0.367 e. The van der Waals surface area contributed by atoms with Crippen molar-refractivity contribution < 1.29 is 4.79 Å². The minimum atomic E-state index is -0.372. The van der Waals surface area contributed by atoms with Gasteiger partial charge in [-0.15, -0.1) is 0 Å². The van der Waals surface area contributed by atoms with Gasteiger partial charge in [-0.1, -0.05) is 13.8 Å². The van der Waals surface area contributed by atoms with Crippen molar-refractivity contribution in [3.63, 3.8) is 0 Å². The zero-order valence-electron chi connectivity index (χ0n) is 9.54. The smallest absolute Gasteiger partial charge is 0.256 e. The van der Waals surface area contributed by atoms with Crippen LogP contribution in [0.15, 0.2) is 23.3 Å². The summed E-state index contributed by atoms with van der Waals surface area (Å²) in [6.07, 6.45) is 2.88. The quantitative estimate of drug-likeness (QED) is 0.676. The Labute approximate surface area is 94.1 Å². The standard InChI is InChI=1S/C11H17N3O2/c1-11(2,6-12)7-14-10(16)8-5-13-4-3-9(8)15/h3-5H,6-7,12H2,1-2H3,(H,13,15)(H,14,16). The lowest BCUT2D eigenvalue weighted by Gasteiger charge is -2.22. The summed E-state index contributed by atoms with van der Waals surface area (Å²) in [6.45, 7) is 4.81. The van der Waals surface area contributed by atoms with E-state index in [4.69, 9.17) is 5.73 Å². The van der Waals surface area contributed by atoms with Crippen LogP contribution in [0, 0.1) is 5.41 Å². The molecule has 0 aliphatic carbocycles. The number of aromatic amines is 1. The van der Waals surface area contributed by atoms with Crippen LogP contribution < -0.4 is 16.5 Å². The predicted octanol–water partition coefficient (Wildman–Crippen LogP) is 0.0896. The number of rotatable bonds is 4. The number of hydrogen-bond donors (Lipinski definition) is 3. The third kappa shape index (κ3) is 3.20. The Bertz CT molecular complexity index is 423. The molecule has 1 amide bonds. The number of amides is 1. The Morgan fingerprint density at radius 2 is 2.25 bits per heavy atom. The van der Waals surface area contributed by atoms with Gasteiger partial charge in [-0.2, -0.15) is 0 Å². The summed E-state index contributed by atoms with van der Waals surface area (Å²) in [7, 11) is 0. The van der Waals surface area contributed by atoms with E-state index in [0.29, 0.717) is 13.1 Å². The first kappa shape index (κ1) is 12.4. The maximum atomic E-state index is 11.7. The average molecular weight is 223 g/mol. The molecule has 5 nitrogen and oxygen atoms in total. The maximum absolute atomic E-state index is 11.7. The summed E-state index contributed by atoms with van der Waals surface area (Å²) in [6, 6.07) is 1.32. The van der Waals surface area contributed by atoms with E-state index in [9.17, 15) is 9.59 Å². The number of carbonyl (C=O) groups excluding carboxylic acids is 1. The van der Waals surface area contributed by atoms with Crippen LogP contribution in [0.2, 0.25) is 0 Å². The van der Waals surface area contributed by atoms with Crippen LogP contribution in [0.4, 0.5) is 0 Å². The SMILES string of the molecule is CC(C)(CN)CNC(=O)c1c[nH]ccc1=O. The Hall–Kier alpha value is -1.62. The van der Waals surface area contributed by atoms with Crippen molar-refractivity contribution in [2.24, 2.45) is 11.1 Å². The Morgan fingerprint density at radius 3 is 2.81 bits per heavy atom. The molecule has 1 aromatic heterocycles.